The van der Waals surface area contributed by atoms with Crippen molar-refractivity contribution < 1.29 is 12.8 Å². The van der Waals surface area contributed by atoms with Gasteiger partial charge in [0, 0.05) is 16.7 Å². The van der Waals surface area contributed by atoms with Gasteiger partial charge in [-0.15, -0.1) is 0 Å². The average molecular weight is 382 g/mol. The predicted octanol–water partition coefficient (Wildman–Crippen LogP) is 3.48. The summed E-state index contributed by atoms with van der Waals surface area (Å²) in [4.78, 5) is 3.73. The molecule has 0 spiro atoms. The van der Waals surface area contributed by atoms with Gasteiger partial charge in [0.2, 0.25) is 10.0 Å². The zero-order valence-corrected chi connectivity index (χ0v) is 13.8. The lowest BCUT2D eigenvalue weighted by Crippen LogP contribution is -2.30. The van der Waals surface area contributed by atoms with E-state index in [0.717, 1.165) is 6.20 Å². The highest BCUT2D eigenvalue weighted by molar-refractivity contribution is 9.10. The second kappa shape index (κ2) is 5.55. The first-order valence-electron chi connectivity index (χ1n) is 5.68. The summed E-state index contributed by atoms with van der Waals surface area (Å²) >= 11 is 9.20. The fourth-order valence-electron chi connectivity index (χ4n) is 1.75. The highest BCUT2D eigenvalue weighted by atomic mass is 79.9. The van der Waals surface area contributed by atoms with Crippen LogP contribution in [0.5, 0.6) is 0 Å². The van der Waals surface area contributed by atoms with Crippen molar-refractivity contribution in [3.63, 3.8) is 0 Å². The molecule has 0 radical (unpaired) electrons. The van der Waals surface area contributed by atoms with E-state index >= 15 is 0 Å². The number of sulfonamides is 1. The van der Waals surface area contributed by atoms with Crippen molar-refractivity contribution in [3.8, 4) is 0 Å². The second-order valence-corrected chi connectivity index (χ2v) is 7.47. The van der Waals surface area contributed by atoms with E-state index in [1.165, 1.54) is 6.07 Å². The summed E-state index contributed by atoms with van der Waals surface area (Å²) in [5.74, 6) is -0.631. The van der Waals surface area contributed by atoms with Crippen molar-refractivity contribution in [3.05, 3.63) is 33.6 Å². The molecule has 0 saturated carbocycles. The molecule has 1 aromatic heterocycles. The van der Waals surface area contributed by atoms with Crippen LogP contribution in [0.25, 0.3) is 10.9 Å². The number of hydrogen-bond donors (Lipinski definition) is 1. The Morgan fingerprint density at radius 2 is 2.05 bits per heavy atom. The highest BCUT2D eigenvalue weighted by Gasteiger charge is 2.22. The zero-order valence-electron chi connectivity index (χ0n) is 10.6. The van der Waals surface area contributed by atoms with E-state index in [0.29, 0.717) is 4.47 Å². The van der Waals surface area contributed by atoms with Crippen LogP contribution in [0.2, 0.25) is 5.02 Å². The summed E-state index contributed by atoms with van der Waals surface area (Å²) in [7, 11) is -3.83. The molecule has 0 saturated heterocycles. The normalized spacial score (nSPS) is 12.3. The largest absolute Gasteiger partial charge is 0.255 e. The van der Waals surface area contributed by atoms with E-state index in [-0.39, 0.29) is 26.9 Å². The number of fused-ring (bicyclic) bond motifs is 1. The van der Waals surface area contributed by atoms with Gasteiger partial charge in [-0.2, -0.15) is 0 Å². The number of hydrogen-bond acceptors (Lipinski definition) is 3. The van der Waals surface area contributed by atoms with Gasteiger partial charge in [0.05, 0.1) is 15.9 Å². The Morgan fingerprint density at radius 3 is 2.65 bits per heavy atom. The van der Waals surface area contributed by atoms with Crippen LogP contribution in [0.3, 0.4) is 0 Å². The molecule has 0 unspecified atom stereocenters. The molecule has 1 N–H and O–H groups in total. The Balaban J connectivity index is 2.73. The van der Waals surface area contributed by atoms with Gasteiger partial charge in [-0.05, 0) is 26.0 Å². The molecule has 108 valence electrons. The van der Waals surface area contributed by atoms with E-state index in [1.807, 2.05) is 0 Å². The SMILES string of the molecule is CC(C)NS(=O)(=O)c1cnc2cc(Br)cc(F)c2c1Cl. The first kappa shape index (κ1) is 15.6. The maximum atomic E-state index is 14.0. The third-order valence-electron chi connectivity index (χ3n) is 2.47. The quantitative estimate of drug-likeness (QED) is 0.885. The molecule has 1 heterocycles. The van der Waals surface area contributed by atoms with E-state index in [4.69, 9.17) is 11.6 Å². The number of pyridine rings is 1. The number of nitrogens with zero attached hydrogens (tertiary/aromatic N) is 1. The maximum Gasteiger partial charge on any atom is 0.243 e. The molecule has 2 aromatic rings. The van der Waals surface area contributed by atoms with Crippen LogP contribution in [0.1, 0.15) is 13.8 Å². The number of nitrogens with one attached hydrogen (secondary N) is 1. The Labute approximate surface area is 129 Å². The number of benzene rings is 1. The molecule has 2 rings (SSSR count). The van der Waals surface area contributed by atoms with Crippen molar-refractivity contribution in [1.29, 1.82) is 0 Å². The lowest BCUT2D eigenvalue weighted by molar-refractivity contribution is 0.569. The average Bonchev–Trinajstić information content (AvgIpc) is 2.25. The summed E-state index contributed by atoms with van der Waals surface area (Å²) in [5.41, 5.74) is 0.283. The number of aromatic nitrogens is 1. The minimum absolute atomic E-state index is 0.0125. The van der Waals surface area contributed by atoms with Crippen molar-refractivity contribution in [2.24, 2.45) is 0 Å². The van der Waals surface area contributed by atoms with Crippen LogP contribution >= 0.6 is 27.5 Å². The summed E-state index contributed by atoms with van der Waals surface area (Å²) in [6, 6.07) is 2.47. The molecule has 4 nitrogen and oxygen atoms in total. The van der Waals surface area contributed by atoms with Crippen molar-refractivity contribution in [2.75, 3.05) is 0 Å². The van der Waals surface area contributed by atoms with Gasteiger partial charge in [-0.3, -0.25) is 4.98 Å². The summed E-state index contributed by atoms with van der Waals surface area (Å²) < 4.78 is 41.1. The molecule has 0 amide bonds. The summed E-state index contributed by atoms with van der Waals surface area (Å²) in [6.45, 7) is 3.36. The van der Waals surface area contributed by atoms with Gasteiger partial charge in [0.25, 0.3) is 0 Å². The van der Waals surface area contributed by atoms with E-state index in [9.17, 15) is 12.8 Å². The molecule has 0 aliphatic heterocycles. The van der Waals surface area contributed by atoms with E-state index in [2.05, 4.69) is 25.6 Å². The van der Waals surface area contributed by atoms with Crippen LogP contribution in [-0.4, -0.2) is 19.4 Å². The first-order valence-corrected chi connectivity index (χ1v) is 8.33. The molecule has 0 atom stereocenters. The Bertz CT molecular complexity index is 781. The van der Waals surface area contributed by atoms with Crippen molar-refractivity contribution >= 4 is 48.5 Å². The molecule has 0 aliphatic rings. The molecule has 20 heavy (non-hydrogen) atoms. The predicted molar refractivity (Wildman–Crippen MR) is 79.9 cm³/mol. The van der Waals surface area contributed by atoms with E-state index < -0.39 is 15.8 Å². The standard InChI is InChI=1S/C12H11BrClFN2O2S/c1-6(2)17-20(18,19)10-5-16-9-4-7(13)3-8(15)11(9)12(10)14/h3-6,17H,1-2H3. The Morgan fingerprint density at radius 1 is 1.40 bits per heavy atom. The maximum absolute atomic E-state index is 14.0. The monoisotopic (exact) mass is 380 g/mol. The minimum atomic E-state index is -3.83. The van der Waals surface area contributed by atoms with Gasteiger partial charge in [0.15, 0.2) is 0 Å². The second-order valence-electron chi connectivity index (χ2n) is 4.49. The topological polar surface area (TPSA) is 59.1 Å². The fourth-order valence-corrected chi connectivity index (χ4v) is 3.98. The zero-order chi connectivity index (χ0) is 15.1. The van der Waals surface area contributed by atoms with Gasteiger partial charge in [0.1, 0.15) is 10.7 Å². The van der Waals surface area contributed by atoms with Gasteiger partial charge in [-0.1, -0.05) is 27.5 Å². The lowest BCUT2D eigenvalue weighted by atomic mass is 10.2. The van der Waals surface area contributed by atoms with Crippen LogP contribution in [0, 0.1) is 5.82 Å². The summed E-state index contributed by atoms with van der Waals surface area (Å²) in [6.07, 6.45) is 1.13. The molecule has 0 fully saturated rings. The summed E-state index contributed by atoms with van der Waals surface area (Å²) in [5, 5.41) is -0.186. The molecule has 0 aliphatic carbocycles. The van der Waals surface area contributed by atoms with Gasteiger partial charge in [-0.25, -0.2) is 17.5 Å². The third-order valence-corrected chi connectivity index (χ3v) is 5.10. The minimum Gasteiger partial charge on any atom is -0.255 e. The van der Waals surface area contributed by atoms with Crippen LogP contribution in [-0.2, 0) is 10.0 Å². The fraction of sp³-hybridized carbons (Fsp3) is 0.250. The van der Waals surface area contributed by atoms with Gasteiger partial charge < -0.3 is 0 Å². The molecular weight excluding hydrogens is 371 g/mol. The lowest BCUT2D eigenvalue weighted by Gasteiger charge is -2.12. The van der Waals surface area contributed by atoms with Gasteiger partial charge >= 0.3 is 0 Å². The molecule has 8 heteroatoms. The first-order chi connectivity index (χ1) is 9.22. The van der Waals surface area contributed by atoms with Crippen molar-refractivity contribution in [2.45, 2.75) is 24.8 Å². The van der Waals surface area contributed by atoms with Crippen LogP contribution < -0.4 is 4.72 Å². The van der Waals surface area contributed by atoms with Crippen molar-refractivity contribution in [1.82, 2.24) is 9.71 Å². The van der Waals surface area contributed by atoms with E-state index in [1.54, 1.807) is 19.9 Å². The number of halogens is 3. The highest BCUT2D eigenvalue weighted by Crippen LogP contribution is 2.32. The van der Waals surface area contributed by atoms with Crippen LogP contribution in [0.4, 0.5) is 4.39 Å². The Kier molecular flexibility index (Phi) is 4.34. The molecule has 0 bridgehead atoms. The molecular formula is C12H11BrClFN2O2S. The third kappa shape index (κ3) is 2.95. The smallest absolute Gasteiger partial charge is 0.243 e. The number of rotatable bonds is 3. The Hall–Kier alpha value is -0.760. The molecule has 1 aromatic carbocycles. The van der Waals surface area contributed by atoms with Crippen LogP contribution in [0.15, 0.2) is 27.7 Å².